The molecule has 2 aliphatic heterocycles. The van der Waals surface area contributed by atoms with Gasteiger partial charge in [0.1, 0.15) is 0 Å². The lowest BCUT2D eigenvalue weighted by atomic mass is 10.1. The van der Waals surface area contributed by atoms with E-state index in [4.69, 9.17) is 11.6 Å². The van der Waals surface area contributed by atoms with E-state index < -0.39 is 10.0 Å². The quantitative estimate of drug-likeness (QED) is 0.414. The van der Waals surface area contributed by atoms with Gasteiger partial charge in [-0.1, -0.05) is 35.4 Å². The molecule has 0 aliphatic carbocycles. The molecular formula is C30H35ClN4O3S. The normalized spacial score (nSPS) is 16.3. The number of aryl methyl sites for hydroxylation is 2. The van der Waals surface area contributed by atoms with Crippen molar-refractivity contribution >= 4 is 44.6 Å². The van der Waals surface area contributed by atoms with Crippen molar-refractivity contribution in [3.8, 4) is 0 Å². The maximum atomic E-state index is 13.6. The number of rotatable bonds is 6. The van der Waals surface area contributed by atoms with E-state index in [0.29, 0.717) is 42.5 Å². The van der Waals surface area contributed by atoms with Crippen molar-refractivity contribution in [2.45, 2.75) is 38.0 Å². The van der Waals surface area contributed by atoms with E-state index in [9.17, 15) is 13.2 Å². The molecular weight excluding hydrogens is 532 g/mol. The molecule has 0 unspecified atom stereocenters. The number of nitrogens with zero attached hydrogens (tertiary/aromatic N) is 3. The minimum absolute atomic E-state index is 0.0987. The molecule has 2 saturated heterocycles. The first-order valence-corrected chi connectivity index (χ1v) is 15.4. The van der Waals surface area contributed by atoms with E-state index in [1.165, 1.54) is 0 Å². The average molecular weight is 567 g/mol. The molecule has 7 nitrogen and oxygen atoms in total. The Hall–Kier alpha value is -3.23. The van der Waals surface area contributed by atoms with Gasteiger partial charge in [-0.25, -0.2) is 8.42 Å². The summed E-state index contributed by atoms with van der Waals surface area (Å²) in [4.78, 5) is 20.1. The average Bonchev–Trinajstić information content (AvgIpc) is 2.94. The molecule has 1 amide bonds. The highest BCUT2D eigenvalue weighted by Gasteiger charge is 2.26. The Kier molecular flexibility index (Phi) is 8.05. The number of hydrogen-bond donors (Lipinski definition) is 1. The van der Waals surface area contributed by atoms with Crippen LogP contribution >= 0.6 is 11.6 Å². The topological polar surface area (TPSA) is 73.0 Å². The molecule has 1 N–H and O–H groups in total. The van der Waals surface area contributed by atoms with Crippen molar-refractivity contribution in [1.82, 2.24) is 4.90 Å². The van der Waals surface area contributed by atoms with Gasteiger partial charge in [-0.3, -0.25) is 9.52 Å². The Morgan fingerprint density at radius 2 is 1.44 bits per heavy atom. The van der Waals surface area contributed by atoms with Crippen LogP contribution in [0.5, 0.6) is 0 Å². The maximum absolute atomic E-state index is 13.6. The molecule has 2 aliphatic rings. The minimum atomic E-state index is -3.82. The summed E-state index contributed by atoms with van der Waals surface area (Å²) in [6.45, 7) is 8.24. The van der Waals surface area contributed by atoms with Gasteiger partial charge in [-0.15, -0.1) is 0 Å². The third kappa shape index (κ3) is 6.17. The number of amides is 1. The van der Waals surface area contributed by atoms with Crippen LogP contribution in [0.3, 0.4) is 0 Å². The van der Waals surface area contributed by atoms with Gasteiger partial charge < -0.3 is 14.7 Å². The van der Waals surface area contributed by atoms with Crippen LogP contribution in [0, 0.1) is 13.8 Å². The Morgan fingerprint density at radius 1 is 0.769 bits per heavy atom. The van der Waals surface area contributed by atoms with Crippen LogP contribution in [-0.4, -0.2) is 58.5 Å². The number of halogens is 1. The molecule has 206 valence electrons. The van der Waals surface area contributed by atoms with Gasteiger partial charge in [-0.2, -0.15) is 0 Å². The molecule has 0 radical (unpaired) electrons. The molecule has 2 fully saturated rings. The highest BCUT2D eigenvalue weighted by Crippen LogP contribution is 2.32. The SMILES string of the molecule is Cc1ccc(S(=O)(=O)Nc2cc(C(=O)N3CCN(c4cc(Cl)ccc4C)CC3)ccc2N2CCCCC2)cc1. The molecule has 9 heteroatoms. The third-order valence-corrected chi connectivity index (χ3v) is 9.21. The zero-order valence-electron chi connectivity index (χ0n) is 22.5. The number of sulfonamides is 1. The second-order valence-electron chi connectivity index (χ2n) is 10.4. The lowest BCUT2D eigenvalue weighted by Crippen LogP contribution is -2.49. The summed E-state index contributed by atoms with van der Waals surface area (Å²) in [5.74, 6) is -0.0987. The van der Waals surface area contributed by atoms with E-state index in [1.54, 1.807) is 30.3 Å². The standard InChI is InChI=1S/C30H35ClN4O3S/c1-22-6-11-26(12-7-22)39(37,38)32-27-20-24(9-13-28(27)33-14-4-3-5-15-33)30(36)35-18-16-34(17-19-35)29-21-25(31)10-8-23(29)2/h6-13,20-21,32H,3-5,14-19H2,1-2H3. The van der Waals surface area contributed by atoms with Crippen molar-refractivity contribution in [1.29, 1.82) is 0 Å². The van der Waals surface area contributed by atoms with Gasteiger partial charge >= 0.3 is 0 Å². The van der Waals surface area contributed by atoms with Crippen molar-refractivity contribution in [3.05, 3.63) is 82.4 Å². The van der Waals surface area contributed by atoms with Crippen LogP contribution in [0.25, 0.3) is 0 Å². The van der Waals surface area contributed by atoms with E-state index in [1.807, 2.05) is 42.2 Å². The molecule has 0 aromatic heterocycles. The van der Waals surface area contributed by atoms with Crippen molar-refractivity contribution in [3.63, 3.8) is 0 Å². The summed E-state index contributed by atoms with van der Waals surface area (Å²) in [7, 11) is -3.82. The third-order valence-electron chi connectivity index (χ3n) is 7.59. The van der Waals surface area contributed by atoms with Gasteiger partial charge in [0.25, 0.3) is 15.9 Å². The Balaban J connectivity index is 1.38. The second-order valence-corrected chi connectivity index (χ2v) is 12.5. The van der Waals surface area contributed by atoms with Gasteiger partial charge in [0, 0.05) is 55.5 Å². The van der Waals surface area contributed by atoms with E-state index in [0.717, 1.165) is 54.9 Å². The number of nitrogens with one attached hydrogen (secondary N) is 1. The molecule has 3 aromatic rings. The summed E-state index contributed by atoms with van der Waals surface area (Å²) in [5, 5.41) is 0.698. The van der Waals surface area contributed by atoms with Gasteiger partial charge in [-0.05, 0) is 81.1 Å². The smallest absolute Gasteiger partial charge is 0.261 e. The fourth-order valence-corrected chi connectivity index (χ4v) is 6.57. The van der Waals surface area contributed by atoms with Crippen LogP contribution in [0.1, 0.15) is 40.7 Å². The zero-order valence-corrected chi connectivity index (χ0v) is 24.1. The van der Waals surface area contributed by atoms with Gasteiger partial charge in [0.15, 0.2) is 0 Å². The summed E-state index contributed by atoms with van der Waals surface area (Å²) < 4.78 is 29.4. The molecule has 39 heavy (non-hydrogen) atoms. The minimum Gasteiger partial charge on any atom is -0.370 e. The maximum Gasteiger partial charge on any atom is 0.261 e. The number of anilines is 3. The van der Waals surface area contributed by atoms with Crippen LogP contribution in [0.15, 0.2) is 65.6 Å². The largest absolute Gasteiger partial charge is 0.370 e. The molecule has 5 rings (SSSR count). The van der Waals surface area contributed by atoms with E-state index in [2.05, 4.69) is 21.4 Å². The predicted molar refractivity (Wildman–Crippen MR) is 159 cm³/mol. The van der Waals surface area contributed by atoms with Crippen molar-refractivity contribution in [2.24, 2.45) is 0 Å². The number of piperazine rings is 1. The van der Waals surface area contributed by atoms with E-state index in [-0.39, 0.29) is 10.8 Å². The molecule has 3 aromatic carbocycles. The summed E-state index contributed by atoms with van der Waals surface area (Å²) in [6, 6.07) is 18.1. The van der Waals surface area contributed by atoms with Crippen LogP contribution in [-0.2, 0) is 10.0 Å². The first-order valence-electron chi connectivity index (χ1n) is 13.5. The number of hydrogen-bond acceptors (Lipinski definition) is 5. The predicted octanol–water partition coefficient (Wildman–Crippen LogP) is 5.71. The summed E-state index contributed by atoms with van der Waals surface area (Å²) in [6.07, 6.45) is 3.28. The number of piperidine rings is 1. The fraction of sp³-hybridized carbons (Fsp3) is 0.367. The highest BCUT2D eigenvalue weighted by atomic mass is 35.5. The summed E-state index contributed by atoms with van der Waals surface area (Å²) >= 11 is 6.23. The Morgan fingerprint density at radius 3 is 2.13 bits per heavy atom. The van der Waals surface area contributed by atoms with E-state index >= 15 is 0 Å². The first kappa shape index (κ1) is 27.3. The lowest BCUT2D eigenvalue weighted by molar-refractivity contribution is 0.0747. The first-order chi connectivity index (χ1) is 18.7. The number of carbonyl (C=O) groups excluding carboxylic acids is 1. The Bertz CT molecular complexity index is 1450. The lowest BCUT2D eigenvalue weighted by Gasteiger charge is -2.37. The second kappa shape index (κ2) is 11.5. The van der Waals surface area contributed by atoms with Gasteiger partial charge in [0.2, 0.25) is 0 Å². The number of carbonyl (C=O) groups is 1. The Labute approximate surface area is 236 Å². The van der Waals surface area contributed by atoms with Gasteiger partial charge in [0.05, 0.1) is 16.3 Å². The molecule has 0 atom stereocenters. The monoisotopic (exact) mass is 566 g/mol. The molecule has 0 saturated carbocycles. The number of benzene rings is 3. The van der Waals surface area contributed by atoms with Crippen LogP contribution in [0.4, 0.5) is 17.1 Å². The summed E-state index contributed by atoms with van der Waals surface area (Å²) in [5.41, 5.74) is 4.96. The fourth-order valence-electron chi connectivity index (χ4n) is 5.34. The highest BCUT2D eigenvalue weighted by molar-refractivity contribution is 7.92. The van der Waals surface area contributed by atoms with Crippen LogP contribution < -0.4 is 14.5 Å². The molecule has 2 heterocycles. The van der Waals surface area contributed by atoms with Crippen molar-refractivity contribution < 1.29 is 13.2 Å². The molecule has 0 spiro atoms. The van der Waals surface area contributed by atoms with Crippen LogP contribution in [0.2, 0.25) is 5.02 Å². The van der Waals surface area contributed by atoms with Crippen molar-refractivity contribution in [2.75, 3.05) is 53.8 Å². The zero-order chi connectivity index (χ0) is 27.6. The molecule has 0 bridgehead atoms.